The number of rotatable bonds is 7. The Morgan fingerprint density at radius 2 is 1.80 bits per heavy atom. The number of amides is 3. The molecule has 1 aromatic carbocycles. The second kappa shape index (κ2) is 9.31. The van der Waals surface area contributed by atoms with E-state index in [4.69, 9.17) is 10.00 Å². The minimum atomic E-state index is -0.912. The summed E-state index contributed by atoms with van der Waals surface area (Å²) in [4.78, 5) is 51.3. The second-order valence-electron chi connectivity index (χ2n) is 6.98. The van der Waals surface area contributed by atoms with Crippen molar-refractivity contribution in [2.24, 2.45) is 11.8 Å². The minimum absolute atomic E-state index is 0.0322. The van der Waals surface area contributed by atoms with Gasteiger partial charge >= 0.3 is 5.97 Å². The van der Waals surface area contributed by atoms with Gasteiger partial charge in [0.05, 0.1) is 30.0 Å². The molecule has 9 heteroatoms. The lowest BCUT2D eigenvalue weighted by Gasteiger charge is -2.22. The van der Waals surface area contributed by atoms with Crippen LogP contribution in [0.3, 0.4) is 0 Å². The Hall–Kier alpha value is -3.54. The van der Waals surface area contributed by atoms with E-state index < -0.39 is 54.5 Å². The lowest BCUT2D eigenvalue weighted by molar-refractivity contribution is -0.154. The topological polar surface area (TPSA) is 108 Å². The second-order valence-corrected chi connectivity index (χ2v) is 6.98. The maximum atomic E-state index is 14.1. The summed E-state index contributed by atoms with van der Waals surface area (Å²) >= 11 is 0. The smallest absolute Gasteiger partial charge is 0.326 e. The molecule has 0 aromatic heterocycles. The summed E-state index contributed by atoms with van der Waals surface area (Å²) in [6.45, 7) is -1.35. The highest BCUT2D eigenvalue weighted by Gasteiger charge is 2.47. The van der Waals surface area contributed by atoms with Gasteiger partial charge in [0.15, 0.2) is 6.61 Å². The molecule has 0 radical (unpaired) electrons. The quantitative estimate of drug-likeness (QED) is 0.381. The van der Waals surface area contributed by atoms with Crippen molar-refractivity contribution in [3.05, 3.63) is 42.2 Å². The maximum absolute atomic E-state index is 14.1. The lowest BCUT2D eigenvalue weighted by atomic mass is 9.85. The van der Waals surface area contributed by atoms with Crippen LogP contribution < -0.4 is 4.90 Å². The predicted octanol–water partition coefficient (Wildman–Crippen LogP) is 1.57. The van der Waals surface area contributed by atoms with Gasteiger partial charge in [-0.3, -0.25) is 24.1 Å². The van der Waals surface area contributed by atoms with Crippen molar-refractivity contribution in [3.8, 4) is 6.07 Å². The number of hydrogen-bond acceptors (Lipinski definition) is 6. The van der Waals surface area contributed by atoms with Crippen LogP contribution in [0, 0.1) is 29.0 Å². The van der Waals surface area contributed by atoms with Crippen molar-refractivity contribution in [2.75, 3.05) is 24.6 Å². The number of allylic oxidation sites excluding steroid dienone is 2. The average Bonchev–Trinajstić information content (AvgIpc) is 2.99. The monoisotopic (exact) mass is 413 g/mol. The predicted molar refractivity (Wildman–Crippen MR) is 102 cm³/mol. The zero-order valence-corrected chi connectivity index (χ0v) is 16.1. The molecule has 1 aliphatic carbocycles. The molecule has 0 saturated carbocycles. The van der Waals surface area contributed by atoms with E-state index in [-0.39, 0.29) is 18.7 Å². The first-order chi connectivity index (χ1) is 14.4. The average molecular weight is 413 g/mol. The number of ether oxygens (including phenoxy) is 1. The first-order valence-corrected chi connectivity index (χ1v) is 9.51. The van der Waals surface area contributed by atoms with E-state index in [2.05, 4.69) is 0 Å². The Kier molecular flexibility index (Phi) is 6.57. The van der Waals surface area contributed by atoms with Crippen molar-refractivity contribution in [1.29, 1.82) is 5.26 Å². The zero-order chi connectivity index (χ0) is 21.7. The van der Waals surface area contributed by atoms with Crippen LogP contribution in [0.15, 0.2) is 36.4 Å². The third-order valence-corrected chi connectivity index (χ3v) is 5.13. The molecule has 3 amide bonds. The van der Waals surface area contributed by atoms with E-state index in [1.165, 1.54) is 24.3 Å². The van der Waals surface area contributed by atoms with Gasteiger partial charge < -0.3 is 9.64 Å². The molecule has 1 aromatic rings. The molecule has 1 fully saturated rings. The summed E-state index contributed by atoms with van der Waals surface area (Å²) in [7, 11) is 0. The highest BCUT2D eigenvalue weighted by atomic mass is 19.1. The Bertz CT molecular complexity index is 913. The number of likely N-dealkylation sites (tertiary alicyclic amines) is 1. The molecule has 8 nitrogen and oxygen atoms in total. The van der Waals surface area contributed by atoms with Gasteiger partial charge in [0.25, 0.3) is 5.91 Å². The number of benzene rings is 1. The summed E-state index contributed by atoms with van der Waals surface area (Å²) in [6.07, 6.45) is 4.55. The fourth-order valence-electron chi connectivity index (χ4n) is 3.63. The van der Waals surface area contributed by atoms with E-state index >= 15 is 0 Å². The Morgan fingerprint density at radius 1 is 1.17 bits per heavy atom. The maximum Gasteiger partial charge on any atom is 0.326 e. The largest absolute Gasteiger partial charge is 0.454 e. The minimum Gasteiger partial charge on any atom is -0.454 e. The first kappa shape index (κ1) is 21.2. The molecule has 1 saturated heterocycles. The number of esters is 1. The number of fused-ring (bicyclic) bond motifs is 1. The molecule has 0 bridgehead atoms. The molecular formula is C21H20FN3O5. The number of hydrogen-bond donors (Lipinski definition) is 0. The molecule has 2 aliphatic rings. The van der Waals surface area contributed by atoms with Gasteiger partial charge in [-0.25, -0.2) is 4.39 Å². The number of carbonyl (C=O) groups is 4. The molecule has 0 N–H and O–H groups in total. The van der Waals surface area contributed by atoms with E-state index in [0.717, 1.165) is 9.80 Å². The SMILES string of the molecule is N#CCCN(C(=O)COC(=O)CN1C(=O)C2CC=CCC2C1=O)c1ccccc1F. The number of nitriles is 1. The highest BCUT2D eigenvalue weighted by molar-refractivity contribution is 6.07. The molecule has 0 spiro atoms. The molecule has 156 valence electrons. The van der Waals surface area contributed by atoms with Gasteiger partial charge in [-0.2, -0.15) is 5.26 Å². The summed E-state index contributed by atoms with van der Waals surface area (Å²) in [5.41, 5.74) is -0.0322. The third kappa shape index (κ3) is 4.38. The van der Waals surface area contributed by atoms with Gasteiger partial charge in [-0.05, 0) is 25.0 Å². The fourth-order valence-corrected chi connectivity index (χ4v) is 3.63. The number of anilines is 1. The zero-order valence-electron chi connectivity index (χ0n) is 16.1. The van der Waals surface area contributed by atoms with Crippen molar-refractivity contribution in [3.63, 3.8) is 0 Å². The van der Waals surface area contributed by atoms with Crippen molar-refractivity contribution in [1.82, 2.24) is 4.90 Å². The van der Waals surface area contributed by atoms with Crippen LogP contribution in [0.1, 0.15) is 19.3 Å². The van der Waals surface area contributed by atoms with Crippen molar-refractivity contribution in [2.45, 2.75) is 19.3 Å². The molecule has 2 unspecified atom stereocenters. The van der Waals surface area contributed by atoms with Crippen LogP contribution >= 0.6 is 0 Å². The van der Waals surface area contributed by atoms with Crippen LogP contribution in [0.5, 0.6) is 0 Å². The summed E-state index contributed by atoms with van der Waals surface area (Å²) in [5.74, 6) is -4.04. The van der Waals surface area contributed by atoms with Gasteiger partial charge in [0.1, 0.15) is 12.4 Å². The molecular weight excluding hydrogens is 393 g/mol. The van der Waals surface area contributed by atoms with Crippen molar-refractivity contribution < 1.29 is 28.3 Å². The molecule has 3 rings (SSSR count). The normalized spacial score (nSPS) is 19.9. The van der Waals surface area contributed by atoms with Crippen LogP contribution in [0.4, 0.5) is 10.1 Å². The van der Waals surface area contributed by atoms with Crippen LogP contribution in [-0.4, -0.2) is 48.3 Å². The third-order valence-electron chi connectivity index (χ3n) is 5.13. The molecule has 30 heavy (non-hydrogen) atoms. The summed E-state index contributed by atoms with van der Waals surface area (Å²) in [5, 5.41) is 8.79. The van der Waals surface area contributed by atoms with E-state index in [0.29, 0.717) is 12.8 Å². The van der Waals surface area contributed by atoms with E-state index in [9.17, 15) is 23.6 Å². The number of para-hydroxylation sites is 1. The fraction of sp³-hybridized carbons (Fsp3) is 0.381. The number of carbonyl (C=O) groups excluding carboxylic acids is 4. The Balaban J connectivity index is 1.60. The van der Waals surface area contributed by atoms with Crippen LogP contribution in [-0.2, 0) is 23.9 Å². The van der Waals surface area contributed by atoms with Crippen molar-refractivity contribution >= 4 is 29.4 Å². The van der Waals surface area contributed by atoms with Gasteiger partial charge in [-0.1, -0.05) is 24.3 Å². The summed E-state index contributed by atoms with van der Waals surface area (Å²) < 4.78 is 19.0. The van der Waals surface area contributed by atoms with E-state index in [1.807, 2.05) is 18.2 Å². The van der Waals surface area contributed by atoms with Gasteiger partial charge in [0, 0.05) is 6.54 Å². The van der Waals surface area contributed by atoms with Gasteiger partial charge in [-0.15, -0.1) is 0 Å². The van der Waals surface area contributed by atoms with Crippen LogP contribution in [0.2, 0.25) is 0 Å². The molecule has 1 heterocycles. The number of imide groups is 1. The lowest BCUT2D eigenvalue weighted by Crippen LogP contribution is -2.39. The number of nitrogens with zero attached hydrogens (tertiary/aromatic N) is 3. The molecule has 1 aliphatic heterocycles. The highest BCUT2D eigenvalue weighted by Crippen LogP contribution is 2.34. The Labute approximate surface area is 172 Å². The number of halogens is 1. The first-order valence-electron chi connectivity index (χ1n) is 9.51. The van der Waals surface area contributed by atoms with E-state index in [1.54, 1.807) is 0 Å². The molecule has 2 atom stereocenters. The van der Waals surface area contributed by atoms with Gasteiger partial charge in [0.2, 0.25) is 11.8 Å². The standard InChI is InChI=1S/C21H20FN3O5/c22-16-8-3-4-9-17(16)24(11-5-10-23)18(26)13-30-19(27)12-25-20(28)14-6-1-2-7-15(14)21(25)29/h1-4,8-9,14-15H,5-7,11-13H2. The Morgan fingerprint density at radius 3 is 2.40 bits per heavy atom. The van der Waals surface area contributed by atoms with Crippen LogP contribution in [0.25, 0.3) is 0 Å². The summed E-state index contributed by atoms with van der Waals surface area (Å²) in [6, 6.07) is 7.43.